The molecular weight excluding hydrogens is 160 g/mol. The third kappa shape index (κ3) is 1.01. The monoisotopic (exact) mass is 166 g/mol. The molecule has 0 amide bonds. The third-order valence-electron chi connectivity index (χ3n) is 1.75. The Kier molecular flexibility index (Phi) is 1.30. The fourth-order valence-electron chi connectivity index (χ4n) is 1.11. The molecule has 0 aromatic rings. The molecule has 4 heteroatoms. The summed E-state index contributed by atoms with van der Waals surface area (Å²) in [6.45, 7) is 0.145. The largest absolute Gasteiger partial charge is 0.509 e. The van der Waals surface area contributed by atoms with Crippen molar-refractivity contribution in [2.75, 3.05) is 6.61 Å². The molecule has 0 unspecified atom stereocenters. The zero-order chi connectivity index (χ0) is 8.60. The van der Waals surface area contributed by atoms with Crippen molar-refractivity contribution >= 4 is 11.9 Å². The predicted molar refractivity (Wildman–Crippen MR) is 38.5 cm³/mol. The van der Waals surface area contributed by atoms with Crippen molar-refractivity contribution in [3.05, 3.63) is 24.3 Å². The highest BCUT2D eigenvalue weighted by atomic mass is 16.8. The van der Waals surface area contributed by atoms with E-state index in [-0.39, 0.29) is 12.4 Å². The minimum absolute atomic E-state index is 0.108. The van der Waals surface area contributed by atoms with Crippen LogP contribution in [0.1, 0.15) is 0 Å². The Morgan fingerprint density at radius 1 is 1.25 bits per heavy atom. The number of carbonyl (C=O) groups excluding carboxylic acids is 2. The van der Waals surface area contributed by atoms with Gasteiger partial charge in [-0.1, -0.05) is 0 Å². The van der Waals surface area contributed by atoms with Crippen LogP contribution in [0.5, 0.6) is 0 Å². The van der Waals surface area contributed by atoms with Crippen LogP contribution in [-0.2, 0) is 14.3 Å². The lowest BCUT2D eigenvalue weighted by Crippen LogP contribution is -2.28. The summed E-state index contributed by atoms with van der Waals surface area (Å²) >= 11 is 0. The van der Waals surface area contributed by atoms with E-state index in [1.807, 2.05) is 0 Å². The van der Waals surface area contributed by atoms with E-state index in [1.54, 1.807) is 0 Å². The quantitative estimate of drug-likeness (QED) is 0.494. The van der Waals surface area contributed by atoms with Gasteiger partial charge in [-0.25, -0.2) is 4.79 Å². The molecule has 1 spiro atoms. The number of cyclic esters (lactones) is 1. The van der Waals surface area contributed by atoms with Crippen molar-refractivity contribution < 1.29 is 19.1 Å². The van der Waals surface area contributed by atoms with E-state index in [2.05, 4.69) is 4.74 Å². The number of ether oxygens (including phenoxy) is 2. The Morgan fingerprint density at radius 3 is 2.42 bits per heavy atom. The maximum atomic E-state index is 10.7. The molecule has 0 atom stereocenters. The molecule has 1 saturated heterocycles. The summed E-state index contributed by atoms with van der Waals surface area (Å²) in [4.78, 5) is 21.3. The molecule has 4 nitrogen and oxygen atoms in total. The second-order valence-electron chi connectivity index (χ2n) is 2.66. The van der Waals surface area contributed by atoms with Crippen molar-refractivity contribution in [1.29, 1.82) is 0 Å². The highest BCUT2D eigenvalue weighted by molar-refractivity contribution is 6.00. The standard InChI is InChI=1S/C8H6O4/c9-6-1-3-8(4-2-6)5-11-7(10)12-8/h1-4H,5H2. The maximum Gasteiger partial charge on any atom is 0.509 e. The van der Waals surface area contributed by atoms with Crippen LogP contribution in [0.4, 0.5) is 4.79 Å². The SMILES string of the molecule is O=C1C=CC2(C=C1)COC(=O)O2. The van der Waals surface area contributed by atoms with Gasteiger partial charge in [0.05, 0.1) is 0 Å². The van der Waals surface area contributed by atoms with Gasteiger partial charge in [-0.2, -0.15) is 0 Å². The number of carbonyl (C=O) groups is 2. The van der Waals surface area contributed by atoms with Gasteiger partial charge in [0.15, 0.2) is 11.4 Å². The normalized spacial score (nSPS) is 24.3. The second kappa shape index (κ2) is 2.20. The molecule has 0 aromatic heterocycles. The molecule has 1 heterocycles. The zero-order valence-electron chi connectivity index (χ0n) is 6.15. The van der Waals surface area contributed by atoms with Gasteiger partial charge in [0, 0.05) is 0 Å². The molecule has 1 aliphatic heterocycles. The first kappa shape index (κ1) is 7.09. The molecule has 12 heavy (non-hydrogen) atoms. The fourth-order valence-corrected chi connectivity index (χ4v) is 1.11. The lowest BCUT2D eigenvalue weighted by Gasteiger charge is -2.17. The van der Waals surface area contributed by atoms with Gasteiger partial charge in [-0.05, 0) is 24.3 Å². The second-order valence-corrected chi connectivity index (χ2v) is 2.66. The Hall–Kier alpha value is -1.58. The van der Waals surface area contributed by atoms with Gasteiger partial charge in [-0.3, -0.25) is 4.79 Å². The summed E-state index contributed by atoms with van der Waals surface area (Å²) in [5, 5.41) is 0. The van der Waals surface area contributed by atoms with E-state index in [1.165, 1.54) is 24.3 Å². The summed E-state index contributed by atoms with van der Waals surface area (Å²) in [7, 11) is 0. The summed E-state index contributed by atoms with van der Waals surface area (Å²) in [6.07, 6.45) is 5.09. The van der Waals surface area contributed by atoms with Crippen molar-refractivity contribution in [3.63, 3.8) is 0 Å². The lowest BCUT2D eigenvalue weighted by molar-refractivity contribution is -0.110. The first-order valence-corrected chi connectivity index (χ1v) is 3.48. The predicted octanol–water partition coefficient (Wildman–Crippen LogP) is 0.587. The van der Waals surface area contributed by atoms with Crippen LogP contribution in [-0.4, -0.2) is 24.1 Å². The van der Waals surface area contributed by atoms with Gasteiger partial charge >= 0.3 is 6.16 Å². The summed E-state index contributed by atoms with van der Waals surface area (Å²) in [5.41, 5.74) is -0.828. The van der Waals surface area contributed by atoms with E-state index < -0.39 is 11.8 Å². The zero-order valence-corrected chi connectivity index (χ0v) is 6.15. The molecule has 0 N–H and O–H groups in total. The molecule has 1 aliphatic carbocycles. The first-order chi connectivity index (χ1) is 5.70. The van der Waals surface area contributed by atoms with Crippen LogP contribution in [0, 0.1) is 0 Å². The van der Waals surface area contributed by atoms with Crippen molar-refractivity contribution in [3.8, 4) is 0 Å². The maximum absolute atomic E-state index is 10.7. The topological polar surface area (TPSA) is 52.6 Å². The van der Waals surface area contributed by atoms with Gasteiger partial charge < -0.3 is 9.47 Å². The van der Waals surface area contributed by atoms with E-state index >= 15 is 0 Å². The highest BCUT2D eigenvalue weighted by Gasteiger charge is 2.39. The number of hydrogen-bond acceptors (Lipinski definition) is 4. The molecule has 1 fully saturated rings. The number of allylic oxidation sites excluding steroid dienone is 2. The van der Waals surface area contributed by atoms with Crippen LogP contribution < -0.4 is 0 Å². The Morgan fingerprint density at radius 2 is 1.92 bits per heavy atom. The van der Waals surface area contributed by atoms with Crippen molar-refractivity contribution in [2.24, 2.45) is 0 Å². The number of rotatable bonds is 0. The Balaban J connectivity index is 2.25. The molecule has 0 bridgehead atoms. The van der Waals surface area contributed by atoms with Crippen LogP contribution in [0.2, 0.25) is 0 Å². The third-order valence-corrected chi connectivity index (χ3v) is 1.75. The average molecular weight is 166 g/mol. The average Bonchev–Trinajstić information content (AvgIpc) is 2.40. The van der Waals surface area contributed by atoms with E-state index in [0.717, 1.165) is 0 Å². The van der Waals surface area contributed by atoms with Crippen LogP contribution in [0.15, 0.2) is 24.3 Å². The minimum atomic E-state index is -0.828. The number of ketones is 1. The van der Waals surface area contributed by atoms with E-state index in [0.29, 0.717) is 0 Å². The molecule has 2 aliphatic rings. The lowest BCUT2D eigenvalue weighted by atomic mass is 9.99. The van der Waals surface area contributed by atoms with Gasteiger partial charge in [0.1, 0.15) is 6.61 Å². The fraction of sp³-hybridized carbons (Fsp3) is 0.250. The van der Waals surface area contributed by atoms with Gasteiger partial charge in [-0.15, -0.1) is 0 Å². The molecule has 62 valence electrons. The van der Waals surface area contributed by atoms with Gasteiger partial charge in [0.25, 0.3) is 0 Å². The minimum Gasteiger partial charge on any atom is -0.429 e. The Bertz CT molecular complexity index is 284. The first-order valence-electron chi connectivity index (χ1n) is 3.48. The smallest absolute Gasteiger partial charge is 0.429 e. The highest BCUT2D eigenvalue weighted by Crippen LogP contribution is 2.25. The van der Waals surface area contributed by atoms with E-state index in [4.69, 9.17) is 4.74 Å². The summed E-state index contributed by atoms with van der Waals surface area (Å²) in [5.74, 6) is -0.108. The summed E-state index contributed by atoms with van der Waals surface area (Å²) in [6, 6.07) is 0. The van der Waals surface area contributed by atoms with Crippen LogP contribution in [0.25, 0.3) is 0 Å². The van der Waals surface area contributed by atoms with Gasteiger partial charge in [0.2, 0.25) is 0 Å². The van der Waals surface area contributed by atoms with Crippen molar-refractivity contribution in [2.45, 2.75) is 5.60 Å². The molecule has 0 saturated carbocycles. The van der Waals surface area contributed by atoms with Crippen LogP contribution >= 0.6 is 0 Å². The summed E-state index contributed by atoms with van der Waals surface area (Å²) < 4.78 is 9.46. The molecule has 0 radical (unpaired) electrons. The Labute approximate surface area is 68.5 Å². The van der Waals surface area contributed by atoms with E-state index in [9.17, 15) is 9.59 Å². The number of hydrogen-bond donors (Lipinski definition) is 0. The molecular formula is C8H6O4. The van der Waals surface area contributed by atoms with Crippen molar-refractivity contribution in [1.82, 2.24) is 0 Å². The molecule has 2 rings (SSSR count). The molecule has 0 aromatic carbocycles. The van der Waals surface area contributed by atoms with Crippen LogP contribution in [0.3, 0.4) is 0 Å².